The van der Waals surface area contributed by atoms with Gasteiger partial charge in [0, 0.05) is 18.6 Å². The minimum atomic E-state index is -4.40. The zero-order valence-corrected chi connectivity index (χ0v) is 24.1. The van der Waals surface area contributed by atoms with Crippen molar-refractivity contribution in [2.75, 3.05) is 13.2 Å². The molecule has 9 heteroatoms. The number of halogens is 3. The third kappa shape index (κ3) is 7.54. The zero-order valence-electron chi connectivity index (χ0n) is 23.3. The maximum Gasteiger partial charge on any atom is 0.416 e. The second kappa shape index (κ2) is 13.3. The number of carbonyl (C=O) groups is 1. The number of carbonyl (C=O) groups excluding carboxylic acids is 1. The summed E-state index contributed by atoms with van der Waals surface area (Å²) in [5.41, 5.74) is 3.44. The summed E-state index contributed by atoms with van der Waals surface area (Å²) in [5.74, 6) is 0.246. The lowest BCUT2D eigenvalue weighted by Crippen LogP contribution is -2.29. The van der Waals surface area contributed by atoms with Gasteiger partial charge >= 0.3 is 12.1 Å². The van der Waals surface area contributed by atoms with E-state index in [1.165, 1.54) is 23.5 Å². The van der Waals surface area contributed by atoms with Crippen molar-refractivity contribution in [3.05, 3.63) is 106 Å². The van der Waals surface area contributed by atoms with E-state index < -0.39 is 23.9 Å². The molecule has 0 radical (unpaired) electrons. The number of ether oxygens (including phenoxy) is 3. The van der Waals surface area contributed by atoms with Crippen molar-refractivity contribution in [3.8, 4) is 16.3 Å². The minimum Gasteiger partial charge on any atom is -0.480 e. The van der Waals surface area contributed by atoms with Gasteiger partial charge in [-0.1, -0.05) is 48.5 Å². The molecule has 4 aromatic rings. The maximum atomic E-state index is 13.1. The van der Waals surface area contributed by atoms with E-state index in [1.54, 1.807) is 6.92 Å². The molecule has 2 unspecified atom stereocenters. The molecule has 4 rings (SSSR count). The van der Waals surface area contributed by atoms with Gasteiger partial charge in [-0.05, 0) is 68.7 Å². The van der Waals surface area contributed by atoms with E-state index >= 15 is 0 Å². The number of alkyl halides is 3. The van der Waals surface area contributed by atoms with Gasteiger partial charge in [0.1, 0.15) is 10.8 Å². The summed E-state index contributed by atoms with van der Waals surface area (Å²) in [6.07, 6.45) is -5.19. The Bertz CT molecular complexity index is 1450. The van der Waals surface area contributed by atoms with Crippen LogP contribution in [0.25, 0.3) is 10.6 Å². The molecule has 41 heavy (non-hydrogen) atoms. The summed E-state index contributed by atoms with van der Waals surface area (Å²) in [4.78, 5) is 17.9. The molecule has 0 saturated heterocycles. The van der Waals surface area contributed by atoms with Gasteiger partial charge in [-0.2, -0.15) is 13.2 Å². The van der Waals surface area contributed by atoms with Crippen molar-refractivity contribution in [1.29, 1.82) is 0 Å². The van der Waals surface area contributed by atoms with Crippen LogP contribution in [-0.2, 0) is 26.9 Å². The molecule has 0 spiro atoms. The fraction of sp³-hybridized carbons (Fsp3) is 0.312. The predicted molar refractivity (Wildman–Crippen MR) is 153 cm³/mol. The molecule has 0 aliphatic carbocycles. The number of benzene rings is 3. The van der Waals surface area contributed by atoms with Gasteiger partial charge in [-0.3, -0.25) is 0 Å². The molecule has 3 aromatic carbocycles. The molecule has 0 N–H and O–H groups in total. The molecular weight excluding hydrogens is 551 g/mol. The topological polar surface area (TPSA) is 57.7 Å². The highest BCUT2D eigenvalue weighted by atomic mass is 32.1. The highest BCUT2D eigenvalue weighted by Crippen LogP contribution is 2.39. The van der Waals surface area contributed by atoms with E-state index in [0.717, 1.165) is 39.4 Å². The van der Waals surface area contributed by atoms with Gasteiger partial charge in [0.25, 0.3) is 0 Å². The van der Waals surface area contributed by atoms with Gasteiger partial charge in [0.05, 0.1) is 22.7 Å². The molecule has 0 fully saturated rings. The van der Waals surface area contributed by atoms with E-state index in [-0.39, 0.29) is 12.6 Å². The summed E-state index contributed by atoms with van der Waals surface area (Å²) in [6.45, 7) is 8.10. The number of nitrogens with zero attached hydrogens (tertiary/aromatic N) is 1. The number of esters is 1. The molecule has 0 amide bonds. The van der Waals surface area contributed by atoms with Gasteiger partial charge in [0.15, 0.2) is 12.2 Å². The maximum absolute atomic E-state index is 13.1. The van der Waals surface area contributed by atoms with E-state index in [1.807, 2.05) is 69.3 Å². The van der Waals surface area contributed by atoms with Crippen molar-refractivity contribution < 1.29 is 32.2 Å². The van der Waals surface area contributed by atoms with Crippen LogP contribution in [-0.4, -0.2) is 30.3 Å². The van der Waals surface area contributed by atoms with Gasteiger partial charge in [0.2, 0.25) is 0 Å². The Kier molecular flexibility index (Phi) is 9.83. The molecule has 2 atom stereocenters. The molecule has 1 heterocycles. The van der Waals surface area contributed by atoms with Crippen LogP contribution in [0.1, 0.15) is 52.8 Å². The van der Waals surface area contributed by atoms with Crippen LogP contribution in [0, 0.1) is 13.8 Å². The number of hydrogen-bond acceptors (Lipinski definition) is 6. The van der Waals surface area contributed by atoms with Crippen molar-refractivity contribution in [3.63, 3.8) is 0 Å². The fourth-order valence-corrected chi connectivity index (χ4v) is 5.56. The Morgan fingerprint density at radius 2 is 1.66 bits per heavy atom. The molecule has 5 nitrogen and oxygen atoms in total. The molecule has 216 valence electrons. The average molecular weight is 584 g/mol. The van der Waals surface area contributed by atoms with E-state index in [0.29, 0.717) is 29.3 Å². The van der Waals surface area contributed by atoms with Crippen molar-refractivity contribution in [1.82, 2.24) is 4.98 Å². The molecule has 0 bridgehead atoms. The molecule has 1 aromatic heterocycles. The van der Waals surface area contributed by atoms with Gasteiger partial charge in [-0.15, -0.1) is 11.3 Å². The van der Waals surface area contributed by atoms with E-state index in [4.69, 9.17) is 14.2 Å². The fourth-order valence-electron chi connectivity index (χ4n) is 4.43. The zero-order chi connectivity index (χ0) is 29.6. The quantitative estimate of drug-likeness (QED) is 0.167. The Balaban J connectivity index is 1.62. The molecule has 0 saturated carbocycles. The van der Waals surface area contributed by atoms with Crippen molar-refractivity contribution in [2.24, 2.45) is 0 Å². The first-order valence-corrected chi connectivity index (χ1v) is 14.2. The van der Waals surface area contributed by atoms with Gasteiger partial charge < -0.3 is 14.2 Å². The molecule has 0 aliphatic rings. The number of thiazole rings is 1. The Morgan fingerprint density at radius 3 is 2.27 bits per heavy atom. The lowest BCUT2D eigenvalue weighted by Gasteiger charge is -2.21. The normalized spacial score (nSPS) is 13.0. The SMILES string of the molecule is CCOC(=O)C(Cc1ccc(OC(c2ccccc2)c2sc(-c3ccc(C(F)(F)F)cc3)nc2C)cc1C)OCC. The van der Waals surface area contributed by atoms with Crippen LogP contribution >= 0.6 is 11.3 Å². The van der Waals surface area contributed by atoms with Crippen LogP contribution in [0.15, 0.2) is 72.8 Å². The van der Waals surface area contributed by atoms with Crippen LogP contribution in [0.5, 0.6) is 5.75 Å². The Hall–Kier alpha value is -3.69. The minimum absolute atomic E-state index is 0.284. The highest BCUT2D eigenvalue weighted by molar-refractivity contribution is 7.15. The summed E-state index contributed by atoms with van der Waals surface area (Å²) < 4.78 is 56.5. The predicted octanol–water partition coefficient (Wildman–Crippen LogP) is 8.12. The standard InChI is InChI=1S/C32H32F3NO4S/c1-5-38-27(31(37)39-6-2)19-24-14-17-26(18-20(24)3)40-28(22-10-8-7-9-11-22)29-21(4)36-30(41-29)23-12-15-25(16-13-23)32(33,34)35/h7-18,27-28H,5-6,19H2,1-4H3. The second-order valence-electron chi connectivity index (χ2n) is 9.44. The van der Waals surface area contributed by atoms with Crippen molar-refractivity contribution >= 4 is 17.3 Å². The smallest absolute Gasteiger partial charge is 0.416 e. The van der Waals surface area contributed by atoms with E-state index in [9.17, 15) is 18.0 Å². The Labute approximate surface area is 241 Å². The first-order chi connectivity index (χ1) is 19.6. The van der Waals surface area contributed by atoms with Crippen LogP contribution in [0.2, 0.25) is 0 Å². The van der Waals surface area contributed by atoms with Gasteiger partial charge in [-0.25, -0.2) is 9.78 Å². The molecular formula is C32H32F3NO4S. The third-order valence-corrected chi connectivity index (χ3v) is 7.77. The third-order valence-electron chi connectivity index (χ3n) is 6.52. The summed E-state index contributed by atoms with van der Waals surface area (Å²) >= 11 is 1.39. The van der Waals surface area contributed by atoms with Crippen LogP contribution < -0.4 is 4.74 Å². The van der Waals surface area contributed by atoms with Crippen LogP contribution in [0.4, 0.5) is 13.2 Å². The average Bonchev–Trinajstić information content (AvgIpc) is 3.34. The second-order valence-corrected chi connectivity index (χ2v) is 10.5. The van der Waals surface area contributed by atoms with Crippen molar-refractivity contribution in [2.45, 2.75) is 52.5 Å². The number of hydrogen-bond donors (Lipinski definition) is 0. The molecule has 0 aliphatic heterocycles. The summed E-state index contributed by atoms with van der Waals surface area (Å²) in [6, 6.07) is 20.4. The summed E-state index contributed by atoms with van der Waals surface area (Å²) in [7, 11) is 0. The largest absolute Gasteiger partial charge is 0.480 e. The number of aryl methyl sites for hydroxylation is 2. The highest BCUT2D eigenvalue weighted by Gasteiger charge is 2.30. The number of rotatable bonds is 11. The first-order valence-electron chi connectivity index (χ1n) is 13.3. The lowest BCUT2D eigenvalue weighted by atomic mass is 10.0. The summed E-state index contributed by atoms with van der Waals surface area (Å²) in [5, 5.41) is 0.614. The van der Waals surface area contributed by atoms with E-state index in [2.05, 4.69) is 4.98 Å². The first kappa shape index (κ1) is 30.3. The number of aromatic nitrogens is 1. The van der Waals surface area contributed by atoms with Crippen LogP contribution in [0.3, 0.4) is 0 Å². The Morgan fingerprint density at radius 1 is 0.951 bits per heavy atom. The monoisotopic (exact) mass is 583 g/mol. The lowest BCUT2D eigenvalue weighted by molar-refractivity contribution is -0.156.